The number of ether oxygens (including phenoxy) is 1. The highest BCUT2D eigenvalue weighted by atomic mass is 16.5. The highest BCUT2D eigenvalue weighted by Crippen LogP contribution is 2.34. The number of hydrogen-bond donors (Lipinski definition) is 0. The molecule has 0 saturated heterocycles. The molecule has 0 spiro atoms. The fraction of sp³-hybridized carbons (Fsp3) is 0.0435. The molecular weight excluding hydrogens is 320 g/mol. The number of aromatic nitrogens is 1. The molecule has 3 nitrogen and oxygen atoms in total. The molecule has 0 fully saturated rings. The largest absolute Gasteiger partial charge is 0.496 e. The monoisotopic (exact) mass is 336 g/mol. The van der Waals surface area contributed by atoms with Gasteiger partial charge in [-0.1, -0.05) is 54.6 Å². The molecule has 1 aromatic heterocycles. The van der Waals surface area contributed by atoms with Crippen LogP contribution in [0.25, 0.3) is 33.2 Å². The summed E-state index contributed by atoms with van der Waals surface area (Å²) in [6.45, 7) is 0. The maximum absolute atomic E-state index is 9.70. The summed E-state index contributed by atoms with van der Waals surface area (Å²) in [5.41, 5.74) is 3.97. The van der Waals surface area contributed by atoms with Crippen LogP contribution in [0.15, 0.2) is 79.0 Å². The molecule has 3 aromatic carbocycles. The first kappa shape index (κ1) is 15.9. The van der Waals surface area contributed by atoms with Crippen LogP contribution < -0.4 is 4.74 Å². The molecule has 0 aliphatic carbocycles. The van der Waals surface area contributed by atoms with Crippen LogP contribution in [0.3, 0.4) is 0 Å². The lowest BCUT2D eigenvalue weighted by atomic mass is 9.97. The number of hydrogen-bond acceptors (Lipinski definition) is 3. The van der Waals surface area contributed by atoms with Gasteiger partial charge in [-0.2, -0.15) is 5.26 Å². The molecule has 0 unspecified atom stereocenters. The van der Waals surface area contributed by atoms with Crippen LogP contribution in [0, 0.1) is 11.3 Å². The van der Waals surface area contributed by atoms with Crippen molar-refractivity contribution in [2.45, 2.75) is 0 Å². The van der Waals surface area contributed by atoms with Gasteiger partial charge < -0.3 is 4.74 Å². The Bertz CT molecular complexity index is 1140. The molecule has 3 heteroatoms. The number of rotatable bonds is 3. The lowest BCUT2D eigenvalue weighted by Crippen LogP contribution is -1.94. The van der Waals surface area contributed by atoms with Crippen molar-refractivity contribution in [2.24, 2.45) is 0 Å². The molecule has 0 aliphatic heterocycles. The summed E-state index contributed by atoms with van der Waals surface area (Å²) in [6, 6.07) is 26.2. The molecule has 4 rings (SSSR count). The van der Waals surface area contributed by atoms with Gasteiger partial charge in [0.1, 0.15) is 11.8 Å². The Morgan fingerprint density at radius 2 is 1.62 bits per heavy atom. The first-order valence-corrected chi connectivity index (χ1v) is 8.33. The highest BCUT2D eigenvalue weighted by Gasteiger charge is 2.13. The van der Waals surface area contributed by atoms with E-state index in [0.717, 1.165) is 27.5 Å². The van der Waals surface area contributed by atoms with E-state index in [-0.39, 0.29) is 0 Å². The van der Waals surface area contributed by atoms with Gasteiger partial charge in [-0.05, 0) is 34.5 Å². The predicted octanol–water partition coefficient (Wildman–Crippen LogP) is 5.45. The number of fused-ring (bicyclic) bond motifs is 1. The standard InChI is InChI=1S/C23H16N2O/c1-26-22-12-5-4-10-21(22)23-17(14-24)13-18(15-25-23)20-11-6-8-16-7-2-3-9-19(16)20/h2-13,15H,1H3. The molecule has 1 heterocycles. The van der Waals surface area contributed by atoms with Gasteiger partial charge >= 0.3 is 0 Å². The number of nitriles is 1. The minimum atomic E-state index is 0.528. The van der Waals surface area contributed by atoms with Crippen molar-refractivity contribution in [1.82, 2.24) is 4.98 Å². The van der Waals surface area contributed by atoms with E-state index in [1.165, 1.54) is 0 Å². The molecule has 0 amide bonds. The number of para-hydroxylation sites is 1. The number of methoxy groups -OCH3 is 1. The number of nitrogens with zero attached hydrogens (tertiary/aromatic N) is 2. The van der Waals surface area contributed by atoms with Crippen LogP contribution >= 0.6 is 0 Å². The van der Waals surface area contributed by atoms with Crippen molar-refractivity contribution in [3.8, 4) is 34.2 Å². The first-order chi connectivity index (χ1) is 12.8. The SMILES string of the molecule is COc1ccccc1-c1ncc(-c2cccc3ccccc23)cc1C#N. The second-order valence-electron chi connectivity index (χ2n) is 5.96. The van der Waals surface area contributed by atoms with Gasteiger partial charge in [-0.3, -0.25) is 4.98 Å². The van der Waals surface area contributed by atoms with Crippen molar-refractivity contribution in [3.63, 3.8) is 0 Å². The Kier molecular flexibility index (Phi) is 4.09. The minimum Gasteiger partial charge on any atom is -0.496 e. The third kappa shape index (κ3) is 2.68. The maximum Gasteiger partial charge on any atom is 0.128 e. The number of benzene rings is 3. The van der Waals surface area contributed by atoms with Crippen molar-refractivity contribution >= 4 is 10.8 Å². The summed E-state index contributed by atoms with van der Waals surface area (Å²) >= 11 is 0. The summed E-state index contributed by atoms with van der Waals surface area (Å²) < 4.78 is 5.42. The van der Waals surface area contributed by atoms with Gasteiger partial charge in [0.05, 0.1) is 18.4 Å². The van der Waals surface area contributed by atoms with E-state index in [9.17, 15) is 5.26 Å². The first-order valence-electron chi connectivity index (χ1n) is 8.33. The van der Waals surface area contributed by atoms with E-state index in [0.29, 0.717) is 17.0 Å². The smallest absolute Gasteiger partial charge is 0.128 e. The third-order valence-electron chi connectivity index (χ3n) is 4.47. The molecule has 4 aromatic rings. The van der Waals surface area contributed by atoms with Crippen molar-refractivity contribution in [2.75, 3.05) is 7.11 Å². The van der Waals surface area contributed by atoms with Gasteiger partial charge in [0, 0.05) is 17.3 Å². The Labute approximate surface area is 152 Å². The third-order valence-corrected chi connectivity index (χ3v) is 4.47. The summed E-state index contributed by atoms with van der Waals surface area (Å²) in [4.78, 5) is 4.61. The van der Waals surface area contributed by atoms with E-state index in [1.54, 1.807) is 7.11 Å². The summed E-state index contributed by atoms with van der Waals surface area (Å²) in [7, 11) is 1.62. The van der Waals surface area contributed by atoms with Gasteiger partial charge in [-0.15, -0.1) is 0 Å². The van der Waals surface area contributed by atoms with Crippen molar-refractivity contribution < 1.29 is 4.74 Å². The molecule has 26 heavy (non-hydrogen) atoms. The van der Waals surface area contributed by atoms with Gasteiger partial charge in [-0.25, -0.2) is 0 Å². The average molecular weight is 336 g/mol. The van der Waals surface area contributed by atoms with E-state index in [1.807, 2.05) is 54.7 Å². The Morgan fingerprint density at radius 3 is 2.46 bits per heavy atom. The molecule has 0 atom stereocenters. The molecule has 124 valence electrons. The molecule has 0 aliphatic rings. The molecule has 0 radical (unpaired) electrons. The lowest BCUT2D eigenvalue weighted by molar-refractivity contribution is 0.416. The zero-order valence-electron chi connectivity index (χ0n) is 14.3. The normalized spacial score (nSPS) is 10.5. The lowest BCUT2D eigenvalue weighted by Gasteiger charge is -2.11. The van der Waals surface area contributed by atoms with Crippen molar-refractivity contribution in [1.29, 1.82) is 5.26 Å². The Balaban J connectivity index is 1.90. The molecule has 0 saturated carbocycles. The van der Waals surface area contributed by atoms with E-state index in [4.69, 9.17) is 4.74 Å². The minimum absolute atomic E-state index is 0.528. The summed E-state index contributed by atoms with van der Waals surface area (Å²) in [5, 5.41) is 12.0. The van der Waals surface area contributed by atoms with Crippen LogP contribution in [-0.4, -0.2) is 12.1 Å². The summed E-state index contributed by atoms with van der Waals surface area (Å²) in [6.07, 6.45) is 1.82. The Hall–Kier alpha value is -3.64. The molecule has 0 bridgehead atoms. The second kappa shape index (κ2) is 6.70. The average Bonchev–Trinajstić information content (AvgIpc) is 2.73. The molecular formula is C23H16N2O. The number of pyridine rings is 1. The van der Waals surface area contributed by atoms with Crippen LogP contribution in [-0.2, 0) is 0 Å². The van der Waals surface area contributed by atoms with Gasteiger partial charge in [0.15, 0.2) is 0 Å². The van der Waals surface area contributed by atoms with E-state index in [2.05, 4.69) is 35.3 Å². The van der Waals surface area contributed by atoms with Gasteiger partial charge in [0.2, 0.25) is 0 Å². The fourth-order valence-electron chi connectivity index (χ4n) is 3.23. The molecule has 0 N–H and O–H groups in total. The van der Waals surface area contributed by atoms with Crippen molar-refractivity contribution in [3.05, 3.63) is 84.6 Å². The second-order valence-corrected chi connectivity index (χ2v) is 5.96. The summed E-state index contributed by atoms with van der Waals surface area (Å²) in [5.74, 6) is 0.703. The predicted molar refractivity (Wildman–Crippen MR) is 104 cm³/mol. The maximum atomic E-state index is 9.70. The van der Waals surface area contributed by atoms with E-state index < -0.39 is 0 Å². The van der Waals surface area contributed by atoms with Gasteiger partial charge in [0.25, 0.3) is 0 Å². The van der Waals surface area contributed by atoms with Crippen LogP contribution in [0.1, 0.15) is 5.56 Å². The van der Waals surface area contributed by atoms with Crippen LogP contribution in [0.5, 0.6) is 5.75 Å². The fourth-order valence-corrected chi connectivity index (χ4v) is 3.23. The Morgan fingerprint density at radius 1 is 0.885 bits per heavy atom. The quantitative estimate of drug-likeness (QED) is 0.500. The zero-order valence-corrected chi connectivity index (χ0v) is 14.3. The topological polar surface area (TPSA) is 45.9 Å². The van der Waals surface area contributed by atoms with E-state index >= 15 is 0 Å². The highest BCUT2D eigenvalue weighted by molar-refractivity contribution is 5.96. The zero-order chi connectivity index (χ0) is 17.9. The van der Waals surface area contributed by atoms with Crippen LogP contribution in [0.2, 0.25) is 0 Å². The van der Waals surface area contributed by atoms with Crippen LogP contribution in [0.4, 0.5) is 0 Å².